The van der Waals surface area contributed by atoms with E-state index in [4.69, 9.17) is 16.6 Å². The summed E-state index contributed by atoms with van der Waals surface area (Å²) in [4.78, 5) is 114. The van der Waals surface area contributed by atoms with E-state index in [0.29, 0.717) is 17.7 Å². The van der Waals surface area contributed by atoms with E-state index >= 15 is 0 Å². The molecule has 0 fully saturated rings. The Bertz CT molecular complexity index is 1530. The first kappa shape index (κ1) is 48.8. The highest BCUT2D eigenvalue weighted by Crippen LogP contribution is 2.10. The van der Waals surface area contributed by atoms with Crippen molar-refractivity contribution in [1.29, 1.82) is 0 Å². The van der Waals surface area contributed by atoms with E-state index in [2.05, 4.69) is 31.9 Å². The molecule has 0 radical (unpaired) electrons. The minimum atomic E-state index is -1.55. The standard InChI is InChI=1S/C36H56N8O11S/c1-19(2)15-25(34(53)41-23(31(38)50)13-14-56-5)40-27(45)18-39-36(55)30(20(3)4)44-35(54)26(16-21-9-7-6-8-10-21)43-33(52)24(11-12-28(46)47)42-32(51)22(37)17-29(48)49/h6-10,19-20,22-26,30H,11-18,37H2,1-5H3,(H2,38,50)(H,39,55)(H,40,45)(H,41,53)(H,42,51)(H,43,52)(H,44,54)(H,46,47)(H,48,49)/t22-,23-,24-,25-,26-,30-/m0/s1. The molecule has 20 heteroatoms. The SMILES string of the molecule is CSCC[C@H](NC(=O)[C@H](CC(C)C)NC(=O)CNC(=O)[C@@H](NC(=O)[C@H](Cc1ccccc1)NC(=O)[C@H](CCC(=O)O)NC(=O)[C@@H](N)CC(=O)O)C(C)C)C(N)=O. The van der Waals surface area contributed by atoms with Crippen LogP contribution in [0.3, 0.4) is 0 Å². The van der Waals surface area contributed by atoms with Gasteiger partial charge in [-0.2, -0.15) is 11.8 Å². The number of carboxylic acids is 2. The highest BCUT2D eigenvalue weighted by molar-refractivity contribution is 7.98. The van der Waals surface area contributed by atoms with Crippen LogP contribution in [0.1, 0.15) is 65.4 Å². The number of primary amides is 1. The molecule has 6 atom stereocenters. The van der Waals surface area contributed by atoms with E-state index in [1.807, 2.05) is 20.1 Å². The molecule has 12 N–H and O–H groups in total. The molecular formula is C36H56N8O11S. The van der Waals surface area contributed by atoms with Crippen molar-refractivity contribution in [3.63, 3.8) is 0 Å². The van der Waals surface area contributed by atoms with Crippen molar-refractivity contribution < 1.29 is 53.4 Å². The summed E-state index contributed by atoms with van der Waals surface area (Å²) < 4.78 is 0. The van der Waals surface area contributed by atoms with Gasteiger partial charge in [-0.05, 0) is 48.7 Å². The Morgan fingerprint density at radius 3 is 1.80 bits per heavy atom. The molecule has 0 saturated heterocycles. The molecule has 0 aliphatic heterocycles. The quantitative estimate of drug-likeness (QED) is 0.0504. The minimum Gasteiger partial charge on any atom is -0.481 e. The average Bonchev–Trinajstić information content (AvgIpc) is 3.11. The predicted molar refractivity (Wildman–Crippen MR) is 206 cm³/mol. The van der Waals surface area contributed by atoms with Gasteiger partial charge in [0.2, 0.25) is 41.4 Å². The van der Waals surface area contributed by atoms with Crippen LogP contribution < -0.4 is 43.4 Å². The van der Waals surface area contributed by atoms with Crippen LogP contribution >= 0.6 is 11.8 Å². The number of nitrogens with one attached hydrogen (secondary N) is 6. The zero-order chi connectivity index (χ0) is 42.5. The molecule has 1 rings (SSSR count). The summed E-state index contributed by atoms with van der Waals surface area (Å²) in [5.74, 6) is -8.33. The molecule has 0 unspecified atom stereocenters. The Morgan fingerprint density at radius 1 is 0.696 bits per heavy atom. The maximum Gasteiger partial charge on any atom is 0.305 e. The summed E-state index contributed by atoms with van der Waals surface area (Å²) in [5, 5.41) is 33.2. The van der Waals surface area contributed by atoms with Crippen LogP contribution in [-0.2, 0) is 49.6 Å². The molecule has 0 spiro atoms. The first-order chi connectivity index (χ1) is 26.2. The zero-order valence-electron chi connectivity index (χ0n) is 32.3. The van der Waals surface area contributed by atoms with Crippen molar-refractivity contribution in [1.82, 2.24) is 31.9 Å². The van der Waals surface area contributed by atoms with Crippen LogP contribution in [0.25, 0.3) is 0 Å². The van der Waals surface area contributed by atoms with Gasteiger partial charge in [-0.3, -0.25) is 43.2 Å². The largest absolute Gasteiger partial charge is 0.481 e. The van der Waals surface area contributed by atoms with Gasteiger partial charge in [0.05, 0.1) is 19.0 Å². The van der Waals surface area contributed by atoms with E-state index in [1.54, 1.807) is 44.2 Å². The number of carboxylic acid groups (broad SMARTS) is 2. The van der Waals surface area contributed by atoms with Gasteiger partial charge < -0.3 is 53.6 Å². The summed E-state index contributed by atoms with van der Waals surface area (Å²) in [6.45, 7) is 6.34. The third-order valence-corrected chi connectivity index (χ3v) is 8.87. The zero-order valence-corrected chi connectivity index (χ0v) is 33.1. The Kier molecular flexibility index (Phi) is 21.8. The molecule has 0 bridgehead atoms. The van der Waals surface area contributed by atoms with E-state index in [0.717, 1.165) is 0 Å². The van der Waals surface area contributed by atoms with Gasteiger partial charge in [-0.25, -0.2) is 0 Å². The number of hydrogen-bond donors (Lipinski definition) is 10. The fraction of sp³-hybridized carbons (Fsp3) is 0.583. The molecule has 1 aromatic rings. The van der Waals surface area contributed by atoms with Gasteiger partial charge in [0.15, 0.2) is 0 Å². The fourth-order valence-corrected chi connectivity index (χ4v) is 5.71. The lowest BCUT2D eigenvalue weighted by molar-refractivity contribution is -0.140. The van der Waals surface area contributed by atoms with Crippen molar-refractivity contribution in [2.24, 2.45) is 23.3 Å². The van der Waals surface area contributed by atoms with Gasteiger partial charge in [-0.15, -0.1) is 0 Å². The predicted octanol–water partition coefficient (Wildman–Crippen LogP) is -1.62. The van der Waals surface area contributed by atoms with Crippen molar-refractivity contribution in [2.75, 3.05) is 18.6 Å². The lowest BCUT2D eigenvalue weighted by Crippen LogP contribution is -2.59. The smallest absolute Gasteiger partial charge is 0.305 e. The van der Waals surface area contributed by atoms with Gasteiger partial charge >= 0.3 is 11.9 Å². The van der Waals surface area contributed by atoms with E-state index < -0.39 is 121 Å². The average molecular weight is 809 g/mol. The second kappa shape index (κ2) is 25.0. The third-order valence-electron chi connectivity index (χ3n) is 8.23. The molecule has 0 aliphatic rings. The Balaban J connectivity index is 3.17. The first-order valence-electron chi connectivity index (χ1n) is 18.0. The summed E-state index contributed by atoms with van der Waals surface area (Å²) in [7, 11) is 0. The van der Waals surface area contributed by atoms with E-state index in [9.17, 15) is 48.3 Å². The summed E-state index contributed by atoms with van der Waals surface area (Å²) >= 11 is 1.47. The van der Waals surface area contributed by atoms with E-state index in [1.165, 1.54) is 11.8 Å². The molecule has 0 heterocycles. The lowest BCUT2D eigenvalue weighted by Gasteiger charge is -2.27. The second-order valence-corrected chi connectivity index (χ2v) is 14.9. The van der Waals surface area contributed by atoms with Crippen molar-refractivity contribution in [3.8, 4) is 0 Å². The van der Waals surface area contributed by atoms with Crippen LogP contribution in [-0.4, -0.2) is 118 Å². The molecule has 0 saturated carbocycles. The first-order valence-corrected chi connectivity index (χ1v) is 19.4. The number of amides is 7. The van der Waals surface area contributed by atoms with Crippen LogP contribution in [0.5, 0.6) is 0 Å². The van der Waals surface area contributed by atoms with Crippen LogP contribution in [0.15, 0.2) is 30.3 Å². The van der Waals surface area contributed by atoms with Crippen molar-refractivity contribution >= 4 is 65.1 Å². The number of hydrogen-bond acceptors (Lipinski definition) is 11. The number of carbonyl (C=O) groups excluding carboxylic acids is 7. The maximum atomic E-state index is 13.8. The van der Waals surface area contributed by atoms with Crippen LogP contribution in [0.2, 0.25) is 0 Å². The molecule has 0 aliphatic carbocycles. The topological polar surface area (TPSA) is 318 Å². The number of carbonyl (C=O) groups is 9. The molecular weight excluding hydrogens is 753 g/mol. The van der Waals surface area contributed by atoms with Gasteiger partial charge in [0, 0.05) is 12.8 Å². The van der Waals surface area contributed by atoms with Crippen molar-refractivity contribution in [3.05, 3.63) is 35.9 Å². The van der Waals surface area contributed by atoms with Crippen molar-refractivity contribution in [2.45, 2.75) is 102 Å². The van der Waals surface area contributed by atoms with Gasteiger partial charge in [-0.1, -0.05) is 58.0 Å². The fourth-order valence-electron chi connectivity index (χ4n) is 5.24. The molecule has 7 amide bonds. The monoisotopic (exact) mass is 808 g/mol. The number of benzene rings is 1. The Labute approximate surface area is 330 Å². The number of aliphatic carboxylic acids is 2. The van der Waals surface area contributed by atoms with E-state index in [-0.39, 0.29) is 18.8 Å². The Morgan fingerprint density at radius 2 is 1.27 bits per heavy atom. The van der Waals surface area contributed by atoms with Gasteiger partial charge in [0.1, 0.15) is 30.2 Å². The number of rotatable bonds is 26. The number of nitrogens with two attached hydrogens (primary N) is 2. The molecule has 0 aromatic heterocycles. The van der Waals surface area contributed by atoms with Gasteiger partial charge in [0.25, 0.3) is 0 Å². The minimum absolute atomic E-state index is 0.0399. The van der Waals surface area contributed by atoms with Crippen LogP contribution in [0, 0.1) is 11.8 Å². The Hall–Kier alpha value is -5.24. The molecule has 1 aromatic carbocycles. The highest BCUT2D eigenvalue weighted by atomic mass is 32.2. The third kappa shape index (κ3) is 18.9. The lowest BCUT2D eigenvalue weighted by atomic mass is 10.0. The molecule has 312 valence electrons. The maximum absolute atomic E-state index is 13.8. The second-order valence-electron chi connectivity index (χ2n) is 13.9. The molecule has 56 heavy (non-hydrogen) atoms. The summed E-state index contributed by atoms with van der Waals surface area (Å²) in [6, 6.07) is 0.812. The highest BCUT2D eigenvalue weighted by Gasteiger charge is 2.33. The van der Waals surface area contributed by atoms with Crippen LogP contribution in [0.4, 0.5) is 0 Å². The normalized spacial score (nSPS) is 14.2. The summed E-state index contributed by atoms with van der Waals surface area (Å²) in [5.41, 5.74) is 11.7. The summed E-state index contributed by atoms with van der Waals surface area (Å²) in [6.07, 6.45) is 0.498. The molecule has 19 nitrogen and oxygen atoms in total. The number of thioether (sulfide) groups is 1.